The lowest BCUT2D eigenvalue weighted by atomic mass is 10.1. The van der Waals surface area contributed by atoms with Gasteiger partial charge in [0.25, 0.3) is 0 Å². The van der Waals surface area contributed by atoms with E-state index in [9.17, 15) is 0 Å². The molecule has 0 spiro atoms. The van der Waals surface area contributed by atoms with Gasteiger partial charge in [0, 0.05) is 37.2 Å². The summed E-state index contributed by atoms with van der Waals surface area (Å²) in [5.41, 5.74) is 4.34. The van der Waals surface area contributed by atoms with Gasteiger partial charge in [0.1, 0.15) is 10.4 Å². The highest BCUT2D eigenvalue weighted by atomic mass is 79.9. The van der Waals surface area contributed by atoms with E-state index in [4.69, 9.17) is 9.97 Å². The minimum Gasteiger partial charge on any atom is -0.330 e. The van der Waals surface area contributed by atoms with E-state index in [-0.39, 0.29) is 0 Å². The minimum atomic E-state index is 0.653. The molecule has 3 aromatic heterocycles. The number of halogens is 1. The van der Waals surface area contributed by atoms with E-state index in [1.54, 1.807) is 0 Å². The highest BCUT2D eigenvalue weighted by Crippen LogP contribution is 2.44. The number of aryl methyl sites for hydroxylation is 2. The molecule has 3 heterocycles. The van der Waals surface area contributed by atoms with Crippen LogP contribution >= 0.6 is 15.9 Å². The first-order chi connectivity index (χ1) is 11.1. The van der Waals surface area contributed by atoms with Gasteiger partial charge in [-0.1, -0.05) is 13.3 Å². The van der Waals surface area contributed by atoms with Crippen LogP contribution in [-0.2, 0) is 20.5 Å². The van der Waals surface area contributed by atoms with Crippen LogP contribution in [-0.4, -0.2) is 24.3 Å². The van der Waals surface area contributed by atoms with Crippen molar-refractivity contribution in [2.75, 3.05) is 0 Å². The Hall–Kier alpha value is -1.69. The molecule has 0 saturated heterocycles. The number of hydrogen-bond acceptors (Lipinski definition) is 3. The van der Waals surface area contributed by atoms with E-state index in [0.717, 1.165) is 45.6 Å². The monoisotopic (exact) mass is 373 g/mol. The standard InChI is InChI=1S/C17H20BrN5/c1-4-5-13-12(8-11-9-22(2)21-16(11)19-13)17-20-15(18)14(23(17)3)10-6-7-10/h8-10H,4-7H2,1-3H3. The Morgan fingerprint density at radius 3 is 2.74 bits per heavy atom. The normalized spacial score (nSPS) is 14.8. The van der Waals surface area contributed by atoms with Crippen LogP contribution in [0.3, 0.4) is 0 Å². The van der Waals surface area contributed by atoms with Gasteiger partial charge in [0.2, 0.25) is 0 Å². The summed E-state index contributed by atoms with van der Waals surface area (Å²) in [6, 6.07) is 2.19. The van der Waals surface area contributed by atoms with Crippen molar-refractivity contribution >= 4 is 27.0 Å². The Balaban J connectivity index is 1.93. The number of nitrogens with zero attached hydrogens (tertiary/aromatic N) is 5. The van der Waals surface area contributed by atoms with Crippen molar-refractivity contribution in [1.82, 2.24) is 24.3 Å². The molecular weight excluding hydrogens is 354 g/mol. The molecule has 1 fully saturated rings. The summed E-state index contributed by atoms with van der Waals surface area (Å²) in [4.78, 5) is 9.61. The Kier molecular flexibility index (Phi) is 3.52. The summed E-state index contributed by atoms with van der Waals surface area (Å²) in [5, 5.41) is 5.51. The smallest absolute Gasteiger partial charge is 0.181 e. The van der Waals surface area contributed by atoms with E-state index >= 15 is 0 Å². The molecule has 0 amide bonds. The number of hydrogen-bond donors (Lipinski definition) is 0. The molecule has 0 radical (unpaired) electrons. The molecule has 0 unspecified atom stereocenters. The summed E-state index contributed by atoms with van der Waals surface area (Å²) < 4.78 is 5.03. The second-order valence-electron chi connectivity index (χ2n) is 6.39. The van der Waals surface area contributed by atoms with Gasteiger partial charge in [0.05, 0.1) is 11.4 Å². The molecule has 1 aliphatic rings. The van der Waals surface area contributed by atoms with Crippen LogP contribution < -0.4 is 0 Å². The number of imidazole rings is 1. The second kappa shape index (κ2) is 5.44. The molecule has 6 heteroatoms. The van der Waals surface area contributed by atoms with Crippen LogP contribution in [0.25, 0.3) is 22.4 Å². The molecule has 0 aromatic carbocycles. The van der Waals surface area contributed by atoms with Crippen molar-refractivity contribution in [2.45, 2.75) is 38.5 Å². The van der Waals surface area contributed by atoms with E-state index in [1.807, 2.05) is 17.9 Å². The molecule has 120 valence electrons. The van der Waals surface area contributed by atoms with Crippen LogP contribution in [0.15, 0.2) is 16.9 Å². The van der Waals surface area contributed by atoms with Crippen LogP contribution in [0.1, 0.15) is 43.5 Å². The van der Waals surface area contributed by atoms with E-state index in [0.29, 0.717) is 5.92 Å². The molecule has 3 aromatic rings. The van der Waals surface area contributed by atoms with Crippen molar-refractivity contribution in [2.24, 2.45) is 14.1 Å². The van der Waals surface area contributed by atoms with Crippen molar-refractivity contribution in [3.63, 3.8) is 0 Å². The predicted molar refractivity (Wildman–Crippen MR) is 94.4 cm³/mol. The number of pyridine rings is 1. The van der Waals surface area contributed by atoms with E-state index in [1.165, 1.54) is 18.5 Å². The van der Waals surface area contributed by atoms with Gasteiger partial charge >= 0.3 is 0 Å². The fourth-order valence-corrected chi connectivity index (χ4v) is 4.01. The molecule has 0 bridgehead atoms. The van der Waals surface area contributed by atoms with Gasteiger partial charge in [0.15, 0.2) is 5.65 Å². The highest BCUT2D eigenvalue weighted by molar-refractivity contribution is 9.10. The average Bonchev–Trinajstić information content (AvgIpc) is 3.19. The Labute approximate surface area is 143 Å². The third-order valence-corrected chi connectivity index (χ3v) is 5.06. The molecular formula is C17H20BrN5. The number of rotatable bonds is 4. The van der Waals surface area contributed by atoms with Gasteiger partial charge in [-0.15, -0.1) is 0 Å². The molecule has 0 aliphatic heterocycles. The topological polar surface area (TPSA) is 48.5 Å². The largest absolute Gasteiger partial charge is 0.330 e. The second-order valence-corrected chi connectivity index (χ2v) is 7.14. The highest BCUT2D eigenvalue weighted by Gasteiger charge is 2.31. The van der Waals surface area contributed by atoms with Gasteiger partial charge in [-0.2, -0.15) is 5.10 Å². The maximum atomic E-state index is 4.81. The lowest BCUT2D eigenvalue weighted by Gasteiger charge is -2.09. The molecule has 4 rings (SSSR count). The lowest BCUT2D eigenvalue weighted by molar-refractivity contribution is 0.773. The SMILES string of the molecule is CCCc1nc2nn(C)cc2cc1-c1nc(Br)c(C2CC2)n1C. The Morgan fingerprint density at radius 1 is 1.26 bits per heavy atom. The summed E-state index contributed by atoms with van der Waals surface area (Å²) in [6.07, 6.45) is 6.53. The first-order valence-electron chi connectivity index (χ1n) is 8.14. The fraction of sp³-hybridized carbons (Fsp3) is 0.471. The maximum Gasteiger partial charge on any atom is 0.181 e. The molecule has 0 N–H and O–H groups in total. The fourth-order valence-electron chi connectivity index (χ4n) is 3.25. The lowest BCUT2D eigenvalue weighted by Crippen LogP contribution is -2.02. The van der Waals surface area contributed by atoms with Crippen molar-refractivity contribution < 1.29 is 0 Å². The predicted octanol–water partition coefficient (Wildman–Crippen LogP) is 3.96. The van der Waals surface area contributed by atoms with Crippen molar-refractivity contribution in [1.29, 1.82) is 0 Å². The van der Waals surface area contributed by atoms with E-state index < -0.39 is 0 Å². The zero-order valence-electron chi connectivity index (χ0n) is 13.7. The molecule has 0 atom stereocenters. The zero-order chi connectivity index (χ0) is 16.1. The third-order valence-electron chi connectivity index (χ3n) is 4.47. The van der Waals surface area contributed by atoms with Crippen LogP contribution in [0.5, 0.6) is 0 Å². The van der Waals surface area contributed by atoms with Crippen LogP contribution in [0.4, 0.5) is 0 Å². The summed E-state index contributed by atoms with van der Waals surface area (Å²) in [7, 11) is 4.05. The first kappa shape index (κ1) is 14.9. The minimum absolute atomic E-state index is 0.653. The quantitative estimate of drug-likeness (QED) is 0.695. The Bertz CT molecular complexity index is 888. The van der Waals surface area contributed by atoms with Gasteiger partial charge in [-0.05, 0) is 41.3 Å². The average molecular weight is 374 g/mol. The number of fused-ring (bicyclic) bond motifs is 1. The number of aromatic nitrogens is 5. The molecule has 1 aliphatic carbocycles. The van der Waals surface area contributed by atoms with Crippen molar-refractivity contribution in [3.05, 3.63) is 28.3 Å². The molecule has 5 nitrogen and oxygen atoms in total. The molecule has 23 heavy (non-hydrogen) atoms. The van der Waals surface area contributed by atoms with Crippen LogP contribution in [0, 0.1) is 0 Å². The van der Waals surface area contributed by atoms with Gasteiger partial charge < -0.3 is 4.57 Å². The Morgan fingerprint density at radius 2 is 2.04 bits per heavy atom. The summed E-state index contributed by atoms with van der Waals surface area (Å²) in [6.45, 7) is 2.18. The van der Waals surface area contributed by atoms with Gasteiger partial charge in [-0.25, -0.2) is 9.97 Å². The van der Waals surface area contributed by atoms with Crippen LogP contribution in [0.2, 0.25) is 0 Å². The zero-order valence-corrected chi connectivity index (χ0v) is 15.3. The van der Waals surface area contributed by atoms with Crippen molar-refractivity contribution in [3.8, 4) is 11.4 Å². The first-order valence-corrected chi connectivity index (χ1v) is 8.93. The summed E-state index contributed by atoms with van der Waals surface area (Å²) in [5.74, 6) is 1.65. The molecule has 1 saturated carbocycles. The maximum absolute atomic E-state index is 4.81. The van der Waals surface area contributed by atoms with Gasteiger partial charge in [-0.3, -0.25) is 4.68 Å². The summed E-state index contributed by atoms with van der Waals surface area (Å²) >= 11 is 3.65. The third kappa shape index (κ3) is 2.49. The van der Waals surface area contributed by atoms with E-state index in [2.05, 4.69) is 45.6 Å².